The van der Waals surface area contributed by atoms with Crippen molar-refractivity contribution in [3.8, 4) is 5.69 Å². The third-order valence-electron chi connectivity index (χ3n) is 4.98. The van der Waals surface area contributed by atoms with E-state index in [9.17, 15) is 0 Å². The fourth-order valence-corrected chi connectivity index (χ4v) is 3.70. The van der Waals surface area contributed by atoms with Crippen molar-refractivity contribution >= 4 is 41.3 Å². The summed E-state index contributed by atoms with van der Waals surface area (Å²) in [6, 6.07) is 14.5. The van der Waals surface area contributed by atoms with E-state index in [1.54, 1.807) is 17.5 Å². The Bertz CT molecular complexity index is 1100. The first-order valence-electron chi connectivity index (χ1n) is 10.2. The van der Waals surface area contributed by atoms with Crippen LogP contribution in [0.3, 0.4) is 0 Å². The van der Waals surface area contributed by atoms with Gasteiger partial charge in [0.1, 0.15) is 12.4 Å². The number of aliphatic imine (C=N–C) groups is 1. The quantitative estimate of drug-likeness (QED) is 0.195. The van der Waals surface area contributed by atoms with Crippen LogP contribution in [0.2, 0.25) is 0 Å². The number of thiophene rings is 1. The topological polar surface area (TPSA) is 85.0 Å². The van der Waals surface area contributed by atoms with Gasteiger partial charge in [-0.05, 0) is 48.6 Å². The molecule has 0 saturated heterocycles. The summed E-state index contributed by atoms with van der Waals surface area (Å²) in [6.45, 7) is 3.91. The first-order chi connectivity index (χ1) is 15.2. The lowest BCUT2D eigenvalue weighted by Gasteiger charge is -2.12. The van der Waals surface area contributed by atoms with Crippen molar-refractivity contribution in [3.05, 3.63) is 82.3 Å². The highest BCUT2D eigenvalue weighted by Crippen LogP contribution is 2.09. The van der Waals surface area contributed by atoms with Crippen LogP contribution in [0.15, 0.2) is 65.2 Å². The average Bonchev–Trinajstić information content (AvgIpc) is 3.55. The van der Waals surface area contributed by atoms with Crippen LogP contribution in [0.5, 0.6) is 0 Å². The van der Waals surface area contributed by atoms with E-state index in [-0.39, 0.29) is 24.0 Å². The van der Waals surface area contributed by atoms with Gasteiger partial charge >= 0.3 is 0 Å². The molecule has 3 aromatic heterocycles. The minimum Gasteiger partial charge on any atom is -0.356 e. The molecule has 0 atom stereocenters. The number of aryl methyl sites for hydroxylation is 1. The molecule has 3 heterocycles. The third kappa shape index (κ3) is 6.39. The van der Waals surface area contributed by atoms with Gasteiger partial charge in [0.15, 0.2) is 11.8 Å². The fraction of sp³-hybridized carbons (Fsp3) is 0.273. The van der Waals surface area contributed by atoms with Crippen LogP contribution < -0.4 is 10.6 Å². The molecule has 4 rings (SSSR count). The lowest BCUT2D eigenvalue weighted by atomic mass is 10.1. The predicted octanol–water partition coefficient (Wildman–Crippen LogP) is 3.47. The Kier molecular flexibility index (Phi) is 8.80. The van der Waals surface area contributed by atoms with Gasteiger partial charge in [0.25, 0.3) is 0 Å². The van der Waals surface area contributed by atoms with Crippen LogP contribution in [0, 0.1) is 6.92 Å². The molecule has 0 unspecified atom stereocenters. The Morgan fingerprint density at radius 3 is 2.59 bits per heavy atom. The second kappa shape index (κ2) is 11.8. The van der Waals surface area contributed by atoms with E-state index >= 15 is 0 Å². The molecule has 10 heteroatoms. The van der Waals surface area contributed by atoms with Crippen molar-refractivity contribution in [2.24, 2.45) is 12.0 Å². The van der Waals surface area contributed by atoms with E-state index in [1.165, 1.54) is 10.4 Å². The maximum atomic E-state index is 4.71. The summed E-state index contributed by atoms with van der Waals surface area (Å²) in [5, 5.41) is 21.5. The van der Waals surface area contributed by atoms with Crippen molar-refractivity contribution in [1.29, 1.82) is 0 Å². The number of aromatic nitrogens is 5. The Balaban J connectivity index is 0.00000289. The number of nitrogens with zero attached hydrogens (tertiary/aromatic N) is 6. The van der Waals surface area contributed by atoms with Crippen LogP contribution in [-0.4, -0.2) is 37.0 Å². The van der Waals surface area contributed by atoms with Crippen molar-refractivity contribution < 1.29 is 0 Å². The van der Waals surface area contributed by atoms with Gasteiger partial charge in [-0.3, -0.25) is 0 Å². The number of benzene rings is 1. The minimum absolute atomic E-state index is 0. The molecule has 0 aliphatic heterocycles. The summed E-state index contributed by atoms with van der Waals surface area (Å²) in [7, 11) is 1.96. The normalized spacial score (nSPS) is 11.2. The summed E-state index contributed by atoms with van der Waals surface area (Å²) in [4.78, 5) is 5.97. The molecular formula is C22H27IN8S. The number of rotatable bonds is 8. The van der Waals surface area contributed by atoms with Crippen molar-refractivity contribution in [2.45, 2.75) is 26.4 Å². The van der Waals surface area contributed by atoms with Gasteiger partial charge in [0.05, 0.1) is 12.2 Å². The summed E-state index contributed by atoms with van der Waals surface area (Å²) >= 11 is 1.73. The van der Waals surface area contributed by atoms with E-state index in [2.05, 4.69) is 67.7 Å². The maximum absolute atomic E-state index is 4.71. The van der Waals surface area contributed by atoms with Crippen LogP contribution in [0.1, 0.15) is 22.1 Å². The molecule has 0 aliphatic carbocycles. The number of guanidine groups is 1. The predicted molar refractivity (Wildman–Crippen MR) is 139 cm³/mol. The van der Waals surface area contributed by atoms with E-state index in [4.69, 9.17) is 4.99 Å². The van der Waals surface area contributed by atoms with E-state index < -0.39 is 0 Å². The average molecular weight is 562 g/mol. The van der Waals surface area contributed by atoms with Gasteiger partial charge in [-0.2, -0.15) is 5.10 Å². The molecule has 0 radical (unpaired) electrons. The monoisotopic (exact) mass is 562 g/mol. The summed E-state index contributed by atoms with van der Waals surface area (Å²) < 4.78 is 3.82. The SMILES string of the molecule is Cc1nnc(CN=C(NCCc2ccc(-n3cccn3)cc2)NCc2cccs2)n1C.I. The molecule has 4 aromatic rings. The van der Waals surface area contributed by atoms with Crippen LogP contribution in [0.25, 0.3) is 5.69 Å². The second-order valence-electron chi connectivity index (χ2n) is 7.11. The van der Waals surface area contributed by atoms with E-state index in [0.29, 0.717) is 6.54 Å². The van der Waals surface area contributed by atoms with E-state index in [1.807, 2.05) is 35.5 Å². The Labute approximate surface area is 208 Å². The van der Waals surface area contributed by atoms with Crippen molar-refractivity contribution in [3.63, 3.8) is 0 Å². The highest BCUT2D eigenvalue weighted by Gasteiger charge is 2.06. The van der Waals surface area contributed by atoms with Crippen molar-refractivity contribution in [2.75, 3.05) is 6.54 Å². The molecule has 2 N–H and O–H groups in total. The zero-order valence-electron chi connectivity index (χ0n) is 18.1. The highest BCUT2D eigenvalue weighted by atomic mass is 127. The Hall–Kier alpha value is -2.73. The van der Waals surface area contributed by atoms with Gasteiger partial charge in [-0.25, -0.2) is 9.67 Å². The molecule has 168 valence electrons. The lowest BCUT2D eigenvalue weighted by Crippen LogP contribution is -2.38. The fourth-order valence-electron chi connectivity index (χ4n) is 3.06. The van der Waals surface area contributed by atoms with Crippen molar-refractivity contribution in [1.82, 2.24) is 35.2 Å². The van der Waals surface area contributed by atoms with Crippen LogP contribution >= 0.6 is 35.3 Å². The molecule has 0 bridgehead atoms. The van der Waals surface area contributed by atoms with Gasteiger partial charge in [0, 0.05) is 30.9 Å². The molecule has 0 spiro atoms. The third-order valence-corrected chi connectivity index (χ3v) is 5.86. The summed E-state index contributed by atoms with van der Waals surface area (Å²) in [6.07, 6.45) is 4.61. The number of halogens is 1. The van der Waals surface area contributed by atoms with Gasteiger partial charge < -0.3 is 15.2 Å². The Morgan fingerprint density at radius 2 is 1.94 bits per heavy atom. The van der Waals surface area contributed by atoms with Gasteiger partial charge in [-0.1, -0.05) is 18.2 Å². The Morgan fingerprint density at radius 1 is 1.09 bits per heavy atom. The van der Waals surface area contributed by atoms with Crippen LogP contribution in [-0.2, 0) is 26.6 Å². The largest absolute Gasteiger partial charge is 0.356 e. The molecule has 1 aromatic carbocycles. The molecule has 32 heavy (non-hydrogen) atoms. The smallest absolute Gasteiger partial charge is 0.192 e. The minimum atomic E-state index is 0. The second-order valence-corrected chi connectivity index (χ2v) is 8.15. The lowest BCUT2D eigenvalue weighted by molar-refractivity contribution is 0.749. The maximum Gasteiger partial charge on any atom is 0.192 e. The standard InChI is InChI=1S/C22H26N8S.HI/c1-17-27-28-21(29(17)2)16-25-22(24-15-20-5-3-14-31-20)23-12-10-18-6-8-19(9-7-18)30-13-4-11-26-30;/h3-9,11,13-14H,10,12,15-16H2,1-2H3,(H2,23,24,25);1H. The molecule has 0 fully saturated rings. The zero-order chi connectivity index (χ0) is 21.5. The number of hydrogen-bond acceptors (Lipinski definition) is 5. The molecule has 0 saturated carbocycles. The van der Waals surface area contributed by atoms with E-state index in [0.717, 1.165) is 42.8 Å². The zero-order valence-corrected chi connectivity index (χ0v) is 21.2. The van der Waals surface area contributed by atoms with Gasteiger partial charge in [-0.15, -0.1) is 45.5 Å². The summed E-state index contributed by atoms with van der Waals surface area (Å²) in [5.74, 6) is 2.48. The molecule has 8 nitrogen and oxygen atoms in total. The number of nitrogens with one attached hydrogen (secondary N) is 2. The first kappa shape index (κ1) is 23.9. The molecular weight excluding hydrogens is 535 g/mol. The highest BCUT2D eigenvalue weighted by molar-refractivity contribution is 14.0. The first-order valence-corrected chi connectivity index (χ1v) is 11.1. The van der Waals surface area contributed by atoms with Gasteiger partial charge in [0.2, 0.25) is 0 Å². The molecule has 0 amide bonds. The summed E-state index contributed by atoms with van der Waals surface area (Å²) in [5.41, 5.74) is 2.31. The molecule has 0 aliphatic rings. The van der Waals surface area contributed by atoms with Crippen LogP contribution in [0.4, 0.5) is 0 Å². The number of hydrogen-bond donors (Lipinski definition) is 2.